The molecule has 0 aliphatic rings. The molecule has 0 aromatic heterocycles. The fourth-order valence-electron chi connectivity index (χ4n) is 3.71. The SMILES string of the molecule is CCCCCCCCCCCCOc1ccc(C(=O)Oc2ccc(C(=O)OCC(C)CC)cc2)cc1. The minimum atomic E-state index is -0.455. The van der Waals surface area contributed by atoms with Gasteiger partial charge in [0.25, 0.3) is 0 Å². The summed E-state index contributed by atoms with van der Waals surface area (Å²) in [6.07, 6.45) is 13.9. The second kappa shape index (κ2) is 17.6. The predicted molar refractivity (Wildman–Crippen MR) is 145 cm³/mol. The normalized spacial score (nSPS) is 11.6. The average molecular weight is 497 g/mol. The van der Waals surface area contributed by atoms with Crippen LogP contribution >= 0.6 is 0 Å². The van der Waals surface area contributed by atoms with Crippen LogP contribution in [0.25, 0.3) is 0 Å². The van der Waals surface area contributed by atoms with Crippen molar-refractivity contribution in [1.29, 1.82) is 0 Å². The van der Waals surface area contributed by atoms with Crippen molar-refractivity contribution in [2.24, 2.45) is 5.92 Å². The quantitative estimate of drug-likeness (QED) is 0.118. The van der Waals surface area contributed by atoms with Crippen molar-refractivity contribution in [3.05, 3.63) is 59.7 Å². The molecule has 198 valence electrons. The van der Waals surface area contributed by atoms with Crippen molar-refractivity contribution in [2.75, 3.05) is 13.2 Å². The van der Waals surface area contributed by atoms with Crippen LogP contribution in [-0.2, 0) is 4.74 Å². The highest BCUT2D eigenvalue weighted by atomic mass is 16.5. The van der Waals surface area contributed by atoms with Crippen LogP contribution in [0, 0.1) is 5.92 Å². The van der Waals surface area contributed by atoms with Gasteiger partial charge in [-0.2, -0.15) is 0 Å². The summed E-state index contributed by atoms with van der Waals surface area (Å²) in [7, 11) is 0. The zero-order valence-corrected chi connectivity index (χ0v) is 22.4. The zero-order chi connectivity index (χ0) is 26.0. The third-order valence-corrected chi connectivity index (χ3v) is 6.35. The molecular formula is C31H44O5. The Balaban J connectivity index is 1.64. The highest BCUT2D eigenvalue weighted by Gasteiger charge is 2.12. The smallest absolute Gasteiger partial charge is 0.343 e. The summed E-state index contributed by atoms with van der Waals surface area (Å²) in [5.74, 6) is 0.623. The second-order valence-corrected chi connectivity index (χ2v) is 9.58. The maximum Gasteiger partial charge on any atom is 0.343 e. The number of carbonyl (C=O) groups is 2. The molecule has 0 fully saturated rings. The number of rotatable bonds is 18. The van der Waals surface area contributed by atoms with E-state index in [1.165, 1.54) is 57.8 Å². The first-order valence-electron chi connectivity index (χ1n) is 13.8. The summed E-state index contributed by atoms with van der Waals surface area (Å²) in [6.45, 7) is 7.43. The van der Waals surface area contributed by atoms with E-state index >= 15 is 0 Å². The first-order chi connectivity index (χ1) is 17.5. The topological polar surface area (TPSA) is 61.8 Å². The summed E-state index contributed by atoms with van der Waals surface area (Å²) < 4.78 is 16.5. The number of ether oxygens (including phenoxy) is 3. The van der Waals surface area contributed by atoms with Crippen molar-refractivity contribution in [3.63, 3.8) is 0 Å². The number of unbranched alkanes of at least 4 members (excludes halogenated alkanes) is 9. The minimum Gasteiger partial charge on any atom is -0.494 e. The molecule has 0 aliphatic heterocycles. The van der Waals surface area contributed by atoms with E-state index in [1.807, 2.05) is 6.92 Å². The van der Waals surface area contributed by atoms with Gasteiger partial charge in [-0.3, -0.25) is 0 Å². The summed E-state index contributed by atoms with van der Waals surface area (Å²) >= 11 is 0. The van der Waals surface area contributed by atoms with Crippen LogP contribution in [0.1, 0.15) is 112 Å². The van der Waals surface area contributed by atoms with Crippen LogP contribution in [-0.4, -0.2) is 25.2 Å². The Bertz CT molecular complexity index is 873. The predicted octanol–water partition coefficient (Wildman–Crippen LogP) is 8.41. The van der Waals surface area contributed by atoms with Crippen LogP contribution in [0.5, 0.6) is 11.5 Å². The Kier molecular flexibility index (Phi) is 14.4. The highest BCUT2D eigenvalue weighted by Crippen LogP contribution is 2.18. The third-order valence-electron chi connectivity index (χ3n) is 6.35. The Morgan fingerprint density at radius 1 is 0.667 bits per heavy atom. The molecule has 0 aliphatic carbocycles. The Morgan fingerprint density at radius 3 is 1.72 bits per heavy atom. The van der Waals surface area contributed by atoms with Gasteiger partial charge < -0.3 is 14.2 Å². The average Bonchev–Trinajstić information content (AvgIpc) is 2.90. The van der Waals surface area contributed by atoms with Gasteiger partial charge in [0.2, 0.25) is 0 Å². The van der Waals surface area contributed by atoms with Gasteiger partial charge in [0.1, 0.15) is 11.5 Å². The largest absolute Gasteiger partial charge is 0.494 e. The molecule has 2 aromatic rings. The first kappa shape index (κ1) is 29.4. The number of hydrogen-bond donors (Lipinski definition) is 0. The first-order valence-corrected chi connectivity index (χ1v) is 13.8. The van der Waals surface area contributed by atoms with E-state index in [-0.39, 0.29) is 5.97 Å². The summed E-state index contributed by atoms with van der Waals surface area (Å²) in [5, 5.41) is 0. The molecule has 0 N–H and O–H groups in total. The molecule has 36 heavy (non-hydrogen) atoms. The lowest BCUT2D eigenvalue weighted by Crippen LogP contribution is -2.12. The molecule has 5 nitrogen and oxygen atoms in total. The van der Waals surface area contributed by atoms with Gasteiger partial charge in [0.15, 0.2) is 0 Å². The van der Waals surface area contributed by atoms with Crippen LogP contribution in [0.2, 0.25) is 0 Å². The van der Waals surface area contributed by atoms with E-state index in [4.69, 9.17) is 14.2 Å². The zero-order valence-electron chi connectivity index (χ0n) is 22.4. The highest BCUT2D eigenvalue weighted by molar-refractivity contribution is 5.92. The molecule has 1 unspecified atom stereocenters. The lowest BCUT2D eigenvalue weighted by atomic mass is 10.1. The number of hydrogen-bond acceptors (Lipinski definition) is 5. The summed E-state index contributed by atoms with van der Waals surface area (Å²) in [4.78, 5) is 24.6. The molecule has 0 bridgehead atoms. The summed E-state index contributed by atoms with van der Waals surface area (Å²) in [5.41, 5.74) is 0.875. The van der Waals surface area contributed by atoms with Crippen molar-refractivity contribution in [3.8, 4) is 11.5 Å². The van der Waals surface area contributed by atoms with E-state index in [2.05, 4.69) is 13.8 Å². The van der Waals surface area contributed by atoms with Gasteiger partial charge >= 0.3 is 11.9 Å². The van der Waals surface area contributed by atoms with E-state index in [0.29, 0.717) is 36.0 Å². The van der Waals surface area contributed by atoms with Gasteiger partial charge in [-0.15, -0.1) is 0 Å². The van der Waals surface area contributed by atoms with Crippen molar-refractivity contribution in [2.45, 2.75) is 91.4 Å². The molecule has 0 spiro atoms. The number of carbonyl (C=O) groups excluding carboxylic acids is 2. The molecule has 0 heterocycles. The number of esters is 2. The van der Waals surface area contributed by atoms with Crippen molar-refractivity contribution in [1.82, 2.24) is 0 Å². The van der Waals surface area contributed by atoms with Gasteiger partial charge in [0, 0.05) is 0 Å². The van der Waals surface area contributed by atoms with Crippen molar-refractivity contribution >= 4 is 11.9 Å². The maximum atomic E-state index is 12.5. The standard InChI is InChI=1S/C31H44O5/c1-4-6-7-8-9-10-11-12-13-14-23-34-28-19-15-27(16-20-28)31(33)36-29-21-17-26(18-22-29)30(32)35-24-25(3)5-2/h15-22,25H,4-14,23-24H2,1-3H3. The molecule has 2 aromatic carbocycles. The van der Waals surface area contributed by atoms with Gasteiger partial charge in [-0.1, -0.05) is 85.0 Å². The Hall–Kier alpha value is -2.82. The van der Waals surface area contributed by atoms with E-state index < -0.39 is 5.97 Å². The van der Waals surface area contributed by atoms with E-state index in [9.17, 15) is 9.59 Å². The number of benzene rings is 2. The molecule has 0 amide bonds. The second-order valence-electron chi connectivity index (χ2n) is 9.58. The van der Waals surface area contributed by atoms with Crippen LogP contribution < -0.4 is 9.47 Å². The minimum absolute atomic E-state index is 0.325. The van der Waals surface area contributed by atoms with Crippen LogP contribution in [0.15, 0.2) is 48.5 Å². The summed E-state index contributed by atoms with van der Waals surface area (Å²) in [6, 6.07) is 13.4. The van der Waals surface area contributed by atoms with Gasteiger partial charge in [-0.25, -0.2) is 9.59 Å². The lowest BCUT2D eigenvalue weighted by molar-refractivity contribution is 0.0447. The van der Waals surface area contributed by atoms with Gasteiger partial charge in [-0.05, 0) is 60.9 Å². The molecule has 0 saturated heterocycles. The van der Waals surface area contributed by atoms with Crippen LogP contribution in [0.4, 0.5) is 0 Å². The van der Waals surface area contributed by atoms with E-state index in [0.717, 1.165) is 18.6 Å². The molecule has 0 saturated carbocycles. The van der Waals surface area contributed by atoms with Crippen molar-refractivity contribution < 1.29 is 23.8 Å². The van der Waals surface area contributed by atoms with Gasteiger partial charge in [0.05, 0.1) is 24.3 Å². The van der Waals surface area contributed by atoms with Crippen LogP contribution in [0.3, 0.4) is 0 Å². The molecular weight excluding hydrogens is 452 g/mol. The maximum absolute atomic E-state index is 12.5. The molecule has 5 heteroatoms. The Labute approximate surface area is 217 Å². The molecule has 2 rings (SSSR count). The lowest BCUT2D eigenvalue weighted by Gasteiger charge is -2.10. The van der Waals surface area contributed by atoms with E-state index in [1.54, 1.807) is 48.5 Å². The fraction of sp³-hybridized carbons (Fsp3) is 0.548. The molecule has 0 radical (unpaired) electrons. The fourth-order valence-corrected chi connectivity index (χ4v) is 3.71. The monoisotopic (exact) mass is 496 g/mol. The Morgan fingerprint density at radius 2 is 1.17 bits per heavy atom. The third kappa shape index (κ3) is 11.7. The molecule has 1 atom stereocenters.